The van der Waals surface area contributed by atoms with Crippen molar-refractivity contribution in [3.63, 3.8) is 0 Å². The third kappa shape index (κ3) is 4.52. The lowest BCUT2D eigenvalue weighted by molar-refractivity contribution is -0.0580. The first kappa shape index (κ1) is 25.7. The van der Waals surface area contributed by atoms with E-state index in [1.165, 1.54) is 18.1 Å². The van der Waals surface area contributed by atoms with E-state index < -0.39 is 8.32 Å². The van der Waals surface area contributed by atoms with Gasteiger partial charge in [-0.3, -0.25) is 0 Å². The summed E-state index contributed by atoms with van der Waals surface area (Å²) in [5, 5.41) is 0. The Balaban J connectivity index is 0.947. The maximum atomic E-state index is 7.07. The fourth-order valence-electron chi connectivity index (χ4n) is 15.9. The van der Waals surface area contributed by atoms with E-state index in [4.69, 9.17) is 4.43 Å². The van der Waals surface area contributed by atoms with Crippen LogP contribution < -0.4 is 0 Å². The fourth-order valence-corrected chi connectivity index (χ4v) is 20.3. The van der Waals surface area contributed by atoms with Crippen LogP contribution in [-0.2, 0) is 4.43 Å². The molecule has 0 amide bonds. The van der Waals surface area contributed by atoms with Gasteiger partial charge in [-0.15, -0.1) is 0 Å². The Bertz CT molecular complexity index is 726. The summed E-state index contributed by atoms with van der Waals surface area (Å²) in [6, 6.07) is 4.61. The minimum absolute atomic E-state index is 0.743. The van der Waals surface area contributed by atoms with E-state index in [0.717, 1.165) is 69.5 Å². The molecule has 12 fully saturated rings. The molecule has 12 aliphatic rings. The molecule has 0 atom stereocenters. The summed E-state index contributed by atoms with van der Waals surface area (Å²) in [5.41, 5.74) is 2.23. The Morgan fingerprint density at radius 1 is 0.410 bits per heavy atom. The second kappa shape index (κ2) is 9.09. The van der Waals surface area contributed by atoms with Crippen molar-refractivity contribution in [2.45, 2.75) is 153 Å². The highest BCUT2D eigenvalue weighted by Crippen LogP contribution is 2.65. The van der Waals surface area contributed by atoms with Crippen LogP contribution in [0.5, 0.6) is 0 Å². The van der Waals surface area contributed by atoms with Crippen LogP contribution in [0.2, 0.25) is 18.1 Å². The van der Waals surface area contributed by atoms with E-state index in [1.807, 2.05) is 0 Å². The molecule has 0 spiro atoms. The first-order chi connectivity index (χ1) is 18.9. The van der Waals surface area contributed by atoms with Gasteiger partial charge in [0.15, 0.2) is 8.32 Å². The predicted octanol–water partition coefficient (Wildman–Crippen LogP) is 10.4. The molecule has 1 nitrogen and oxygen atoms in total. The molecule has 39 heavy (non-hydrogen) atoms. The molecule has 12 bridgehead atoms. The number of hydrogen-bond acceptors (Lipinski definition) is 1. The molecule has 0 N–H and O–H groups in total. The van der Waals surface area contributed by atoms with Crippen LogP contribution in [0.1, 0.15) is 135 Å². The van der Waals surface area contributed by atoms with Crippen LogP contribution >= 0.6 is 0 Å². The maximum Gasteiger partial charge on any atom is 0.192 e. The molecule has 0 unspecified atom stereocenters. The van der Waals surface area contributed by atoms with Crippen LogP contribution in [0.15, 0.2) is 0 Å². The van der Waals surface area contributed by atoms with Gasteiger partial charge in [-0.05, 0) is 222 Å². The van der Waals surface area contributed by atoms with Gasteiger partial charge in [0.25, 0.3) is 0 Å². The molecule has 0 saturated heterocycles. The van der Waals surface area contributed by atoms with Crippen LogP contribution in [0.4, 0.5) is 0 Å². The quantitative estimate of drug-likeness (QED) is 0.247. The monoisotopic (exact) mass is 548 g/mol. The number of rotatable bonds is 10. The molecule has 12 saturated carbocycles. The highest BCUT2D eigenvalue weighted by molar-refractivity contribution is 6.73. The summed E-state index contributed by atoms with van der Waals surface area (Å²) in [7, 11) is 0.501. The summed E-state index contributed by atoms with van der Waals surface area (Å²) in [6.07, 6.45) is 33.6. The molecule has 0 aromatic heterocycles. The first-order valence-electron chi connectivity index (χ1n) is 18.4. The zero-order valence-electron chi connectivity index (χ0n) is 25.6. The SMILES string of the molecule is CO[Si](CCC12CC3CC(CC(C3)C1)C2)(CCC12CC3CC(CC(C3)C1)C2)CCC12CC3CC(CC(C3)C1)C2. The second-order valence-electron chi connectivity index (χ2n) is 19.1. The van der Waals surface area contributed by atoms with Crippen molar-refractivity contribution in [3.8, 4) is 0 Å². The average Bonchev–Trinajstić information content (AvgIpc) is 2.86. The van der Waals surface area contributed by atoms with Crippen molar-refractivity contribution in [1.29, 1.82) is 0 Å². The summed E-state index contributed by atoms with van der Waals surface area (Å²) >= 11 is 0. The molecule has 0 radical (unpaired) electrons. The third-order valence-corrected chi connectivity index (χ3v) is 20.6. The Morgan fingerprint density at radius 2 is 0.615 bits per heavy atom. The second-order valence-corrected chi connectivity index (χ2v) is 23.4. The van der Waals surface area contributed by atoms with Crippen LogP contribution in [0.3, 0.4) is 0 Å². The number of hydrogen-bond donors (Lipinski definition) is 0. The predicted molar refractivity (Wildman–Crippen MR) is 163 cm³/mol. The van der Waals surface area contributed by atoms with Gasteiger partial charge in [0, 0.05) is 7.11 Å². The van der Waals surface area contributed by atoms with E-state index in [1.54, 1.807) is 135 Å². The van der Waals surface area contributed by atoms with Crippen LogP contribution in [-0.4, -0.2) is 15.4 Å². The van der Waals surface area contributed by atoms with Gasteiger partial charge in [0.2, 0.25) is 0 Å². The van der Waals surface area contributed by atoms with Gasteiger partial charge < -0.3 is 4.43 Å². The molecule has 0 aromatic carbocycles. The Kier molecular flexibility index (Phi) is 5.98. The zero-order chi connectivity index (χ0) is 25.9. The molecule has 218 valence electrons. The van der Waals surface area contributed by atoms with Crippen molar-refractivity contribution < 1.29 is 4.43 Å². The van der Waals surface area contributed by atoms with Crippen LogP contribution in [0.25, 0.3) is 0 Å². The maximum absolute atomic E-state index is 7.07. The van der Waals surface area contributed by atoms with Crippen molar-refractivity contribution >= 4 is 8.32 Å². The Hall–Kier alpha value is 0.177. The van der Waals surface area contributed by atoms with E-state index in [9.17, 15) is 0 Å². The minimum atomic E-state index is -1.73. The topological polar surface area (TPSA) is 9.23 Å². The van der Waals surface area contributed by atoms with Crippen LogP contribution in [0, 0.1) is 69.5 Å². The lowest BCUT2D eigenvalue weighted by Crippen LogP contribution is -2.50. The standard InChI is InChI=1S/C37H60OSi/c1-38-39(5-2-35-17-26-8-27(18-35)10-28(9-26)19-35,6-3-36-20-29-11-30(21-36)13-31(12-29)22-36)7-4-37-23-32-14-33(24-37)16-34(15-32)25-37/h26-34H,2-25H2,1H3. The Morgan fingerprint density at radius 3 is 0.795 bits per heavy atom. The normalized spacial score (nSPS) is 55.5. The molecule has 2 heteroatoms. The van der Waals surface area contributed by atoms with Crippen molar-refractivity contribution in [2.24, 2.45) is 69.5 Å². The summed E-state index contributed by atoms with van der Waals surface area (Å²) in [5.74, 6) is 9.95. The third-order valence-electron chi connectivity index (χ3n) is 16.3. The largest absolute Gasteiger partial charge is 0.420 e. The Labute approximate surface area is 241 Å². The molecular weight excluding hydrogens is 488 g/mol. The highest BCUT2D eigenvalue weighted by atomic mass is 28.4. The van der Waals surface area contributed by atoms with Gasteiger partial charge in [-0.25, -0.2) is 0 Å². The van der Waals surface area contributed by atoms with Gasteiger partial charge in [-0.1, -0.05) is 0 Å². The molecule has 0 heterocycles. The first-order valence-corrected chi connectivity index (χ1v) is 21.0. The average molecular weight is 549 g/mol. The van der Waals surface area contributed by atoms with E-state index in [-0.39, 0.29) is 0 Å². The van der Waals surface area contributed by atoms with Gasteiger partial charge in [0.1, 0.15) is 0 Å². The fraction of sp³-hybridized carbons (Fsp3) is 1.00. The van der Waals surface area contributed by atoms with Gasteiger partial charge in [0.05, 0.1) is 0 Å². The molecule has 0 aromatic rings. The van der Waals surface area contributed by atoms with Crippen molar-refractivity contribution in [2.75, 3.05) is 7.11 Å². The molecule has 12 aliphatic carbocycles. The summed E-state index contributed by atoms with van der Waals surface area (Å²) in [6.45, 7) is 0. The van der Waals surface area contributed by atoms with Crippen molar-refractivity contribution in [1.82, 2.24) is 0 Å². The minimum Gasteiger partial charge on any atom is -0.420 e. The summed E-state index contributed by atoms with van der Waals surface area (Å²) in [4.78, 5) is 0. The van der Waals surface area contributed by atoms with E-state index in [0.29, 0.717) is 0 Å². The van der Waals surface area contributed by atoms with Gasteiger partial charge in [-0.2, -0.15) is 0 Å². The van der Waals surface area contributed by atoms with E-state index >= 15 is 0 Å². The lowest BCUT2D eigenvalue weighted by atomic mass is 9.49. The summed E-state index contributed by atoms with van der Waals surface area (Å²) < 4.78 is 7.07. The smallest absolute Gasteiger partial charge is 0.192 e. The molecule has 0 aliphatic heterocycles. The molecular formula is C37H60OSi. The zero-order valence-corrected chi connectivity index (χ0v) is 26.6. The van der Waals surface area contributed by atoms with Gasteiger partial charge >= 0.3 is 0 Å². The lowest BCUT2D eigenvalue weighted by Gasteiger charge is -2.59. The van der Waals surface area contributed by atoms with Crippen molar-refractivity contribution in [3.05, 3.63) is 0 Å². The molecule has 12 rings (SSSR count). The highest BCUT2D eigenvalue weighted by Gasteiger charge is 2.55. The van der Waals surface area contributed by atoms with E-state index in [2.05, 4.69) is 7.11 Å².